The highest BCUT2D eigenvalue weighted by molar-refractivity contribution is 9.09. The molecule has 1 atom stereocenters. The van der Waals surface area contributed by atoms with Gasteiger partial charge in [0.25, 0.3) is 0 Å². The van der Waals surface area contributed by atoms with Crippen molar-refractivity contribution in [3.05, 3.63) is 33.8 Å². The van der Waals surface area contributed by atoms with Crippen LogP contribution >= 0.6 is 39.1 Å². The van der Waals surface area contributed by atoms with E-state index in [0.717, 1.165) is 12.8 Å². The van der Waals surface area contributed by atoms with Gasteiger partial charge in [-0.15, -0.1) is 0 Å². The van der Waals surface area contributed by atoms with Crippen molar-refractivity contribution < 1.29 is 0 Å². The molecule has 90 valence electrons. The van der Waals surface area contributed by atoms with E-state index in [9.17, 15) is 0 Å². The van der Waals surface area contributed by atoms with Crippen LogP contribution < -0.4 is 0 Å². The molecule has 1 unspecified atom stereocenters. The topological polar surface area (TPSA) is 0 Å². The number of halogens is 3. The van der Waals surface area contributed by atoms with Crippen molar-refractivity contribution in [3.8, 4) is 0 Å². The zero-order chi connectivity index (χ0) is 12.3. The van der Waals surface area contributed by atoms with E-state index in [-0.39, 0.29) is 0 Å². The second kappa shape index (κ2) is 5.75. The Morgan fingerprint density at radius 1 is 1.19 bits per heavy atom. The molecule has 0 aromatic heterocycles. The highest BCUT2D eigenvalue weighted by Gasteiger charge is 2.16. The predicted molar refractivity (Wildman–Crippen MR) is 77.0 cm³/mol. The maximum absolute atomic E-state index is 5.98. The van der Waals surface area contributed by atoms with E-state index in [2.05, 4.69) is 36.7 Å². The Bertz CT molecular complexity index is 355. The SMILES string of the molecule is CC(C)(C)CC(Br)Cc1ccc(Cl)c(Cl)c1. The van der Waals surface area contributed by atoms with E-state index in [4.69, 9.17) is 23.2 Å². The van der Waals surface area contributed by atoms with Crippen LogP contribution in [0.3, 0.4) is 0 Å². The standard InChI is InChI=1S/C13H17BrCl2/c1-13(2,3)8-10(14)6-9-4-5-11(15)12(16)7-9/h4-5,7,10H,6,8H2,1-3H3. The molecule has 0 spiro atoms. The van der Waals surface area contributed by atoms with Gasteiger partial charge >= 0.3 is 0 Å². The molecule has 1 aromatic rings. The molecule has 0 saturated heterocycles. The molecular formula is C13H17BrCl2. The molecule has 0 N–H and O–H groups in total. The minimum Gasteiger partial charge on any atom is -0.0887 e. The molecule has 1 aromatic carbocycles. The highest BCUT2D eigenvalue weighted by atomic mass is 79.9. The summed E-state index contributed by atoms with van der Waals surface area (Å²) in [4.78, 5) is 0.477. The molecule has 0 fully saturated rings. The molecule has 0 radical (unpaired) electrons. The van der Waals surface area contributed by atoms with Crippen molar-refractivity contribution in [3.63, 3.8) is 0 Å². The Balaban J connectivity index is 2.63. The fourth-order valence-electron chi connectivity index (χ4n) is 1.66. The van der Waals surface area contributed by atoms with Crippen LogP contribution in [0.5, 0.6) is 0 Å². The van der Waals surface area contributed by atoms with Crippen LogP contribution in [0.4, 0.5) is 0 Å². The lowest BCUT2D eigenvalue weighted by atomic mass is 9.89. The Hall–Kier alpha value is 0.280. The van der Waals surface area contributed by atoms with Gasteiger partial charge in [-0.25, -0.2) is 0 Å². The Morgan fingerprint density at radius 3 is 2.31 bits per heavy atom. The Kier molecular flexibility index (Phi) is 5.15. The Morgan fingerprint density at radius 2 is 1.81 bits per heavy atom. The zero-order valence-corrected chi connectivity index (χ0v) is 13.0. The molecule has 0 nitrogen and oxygen atoms in total. The summed E-state index contributed by atoms with van der Waals surface area (Å²) in [5, 5.41) is 1.25. The normalized spacial score (nSPS) is 13.9. The van der Waals surface area contributed by atoms with E-state index in [1.807, 2.05) is 18.2 Å². The van der Waals surface area contributed by atoms with Crippen LogP contribution in [0, 0.1) is 5.41 Å². The summed E-state index contributed by atoms with van der Waals surface area (Å²) >= 11 is 15.6. The summed E-state index contributed by atoms with van der Waals surface area (Å²) in [5.41, 5.74) is 1.56. The van der Waals surface area contributed by atoms with Gasteiger partial charge < -0.3 is 0 Å². The summed E-state index contributed by atoms with van der Waals surface area (Å²) in [6.45, 7) is 6.74. The third-order valence-electron chi connectivity index (χ3n) is 2.28. The first-order chi connectivity index (χ1) is 7.28. The van der Waals surface area contributed by atoms with Crippen molar-refractivity contribution in [1.29, 1.82) is 0 Å². The lowest BCUT2D eigenvalue weighted by Crippen LogP contribution is -2.14. The molecule has 0 amide bonds. The minimum absolute atomic E-state index is 0.338. The fraction of sp³-hybridized carbons (Fsp3) is 0.538. The van der Waals surface area contributed by atoms with E-state index in [1.54, 1.807) is 0 Å². The number of hydrogen-bond acceptors (Lipinski definition) is 0. The lowest BCUT2D eigenvalue weighted by Gasteiger charge is -2.22. The number of hydrogen-bond donors (Lipinski definition) is 0. The summed E-state index contributed by atoms with van der Waals surface area (Å²) < 4.78 is 0. The van der Waals surface area contributed by atoms with Crippen LogP contribution in [-0.2, 0) is 6.42 Å². The molecule has 1 rings (SSSR count). The van der Waals surface area contributed by atoms with Crippen molar-refractivity contribution >= 4 is 39.1 Å². The van der Waals surface area contributed by atoms with Crippen LogP contribution in [0.2, 0.25) is 10.0 Å². The van der Waals surface area contributed by atoms with Gasteiger partial charge in [-0.1, -0.05) is 66.0 Å². The maximum Gasteiger partial charge on any atom is 0.0595 e. The first kappa shape index (κ1) is 14.3. The van der Waals surface area contributed by atoms with Gasteiger partial charge in [-0.05, 0) is 36.0 Å². The zero-order valence-electron chi connectivity index (χ0n) is 9.86. The molecule has 0 heterocycles. The smallest absolute Gasteiger partial charge is 0.0595 e. The van der Waals surface area contributed by atoms with Crippen LogP contribution in [0.25, 0.3) is 0 Å². The molecule has 0 bridgehead atoms. The highest BCUT2D eigenvalue weighted by Crippen LogP contribution is 2.28. The van der Waals surface area contributed by atoms with Gasteiger partial charge in [0, 0.05) is 4.83 Å². The van der Waals surface area contributed by atoms with E-state index in [0.29, 0.717) is 20.3 Å². The number of rotatable bonds is 3. The third-order valence-corrected chi connectivity index (χ3v) is 3.66. The predicted octanol–water partition coefficient (Wildman–Crippen LogP) is 5.74. The third kappa shape index (κ3) is 5.07. The van der Waals surface area contributed by atoms with E-state index in [1.165, 1.54) is 5.56 Å². The molecular weight excluding hydrogens is 307 g/mol. The van der Waals surface area contributed by atoms with Gasteiger partial charge in [0.15, 0.2) is 0 Å². The second-order valence-corrected chi connectivity index (χ2v) is 7.42. The molecule has 0 saturated carbocycles. The molecule has 0 aliphatic heterocycles. The van der Waals surface area contributed by atoms with Gasteiger partial charge in [-0.3, -0.25) is 0 Å². The molecule has 0 aliphatic rings. The van der Waals surface area contributed by atoms with Gasteiger partial charge in [0.1, 0.15) is 0 Å². The molecule has 16 heavy (non-hydrogen) atoms. The van der Waals surface area contributed by atoms with E-state index >= 15 is 0 Å². The lowest BCUT2D eigenvalue weighted by molar-refractivity contribution is 0.373. The molecule has 0 aliphatic carbocycles. The van der Waals surface area contributed by atoms with Crippen molar-refractivity contribution in [2.45, 2.75) is 38.4 Å². The van der Waals surface area contributed by atoms with Crippen LogP contribution in [-0.4, -0.2) is 4.83 Å². The first-order valence-electron chi connectivity index (χ1n) is 5.36. The fourth-order valence-corrected chi connectivity index (χ4v) is 3.32. The quantitative estimate of drug-likeness (QED) is 0.622. The van der Waals surface area contributed by atoms with Crippen LogP contribution in [0.15, 0.2) is 18.2 Å². The van der Waals surface area contributed by atoms with Gasteiger partial charge in [0.2, 0.25) is 0 Å². The number of alkyl halides is 1. The van der Waals surface area contributed by atoms with Crippen molar-refractivity contribution in [1.82, 2.24) is 0 Å². The summed E-state index contributed by atoms with van der Waals surface area (Å²) in [5.74, 6) is 0. The van der Waals surface area contributed by atoms with E-state index < -0.39 is 0 Å². The van der Waals surface area contributed by atoms with Gasteiger partial charge in [0.05, 0.1) is 10.0 Å². The first-order valence-corrected chi connectivity index (χ1v) is 7.03. The average molecular weight is 324 g/mol. The minimum atomic E-state index is 0.338. The Labute approximate surface area is 116 Å². The van der Waals surface area contributed by atoms with Gasteiger partial charge in [-0.2, -0.15) is 0 Å². The maximum atomic E-state index is 5.98. The summed E-state index contributed by atoms with van der Waals surface area (Å²) in [7, 11) is 0. The monoisotopic (exact) mass is 322 g/mol. The summed E-state index contributed by atoms with van der Waals surface area (Å²) in [6.07, 6.45) is 2.11. The molecule has 3 heteroatoms. The second-order valence-electron chi connectivity index (χ2n) is 5.31. The largest absolute Gasteiger partial charge is 0.0887 e. The average Bonchev–Trinajstić information content (AvgIpc) is 2.08. The van der Waals surface area contributed by atoms with Crippen molar-refractivity contribution in [2.75, 3.05) is 0 Å². The summed E-state index contributed by atoms with van der Waals surface area (Å²) in [6, 6.07) is 5.84. The van der Waals surface area contributed by atoms with Crippen molar-refractivity contribution in [2.24, 2.45) is 5.41 Å². The van der Waals surface area contributed by atoms with Crippen LogP contribution in [0.1, 0.15) is 32.8 Å². The number of benzene rings is 1.